The minimum Gasteiger partial charge on any atom is -0.318 e. The third-order valence-electron chi connectivity index (χ3n) is 6.05. The average molecular weight is 596 g/mol. The van der Waals surface area contributed by atoms with E-state index in [0.717, 1.165) is 55.1 Å². The maximum absolute atomic E-state index is 14.9. The number of nitrogens with zero attached hydrogens (tertiary/aromatic N) is 3. The Morgan fingerprint density at radius 3 is 2.29 bits per heavy atom. The summed E-state index contributed by atoms with van der Waals surface area (Å²) >= 11 is 4.37. The smallest absolute Gasteiger partial charge is 0.273 e. The first kappa shape index (κ1) is 27.4. The van der Waals surface area contributed by atoms with Crippen molar-refractivity contribution in [3.05, 3.63) is 101 Å². The molecule has 0 saturated heterocycles. The van der Waals surface area contributed by atoms with Crippen LogP contribution in [-0.4, -0.2) is 14.9 Å². The minimum absolute atomic E-state index is 0.00380. The fourth-order valence-corrected chi connectivity index (χ4v) is 5.51. The number of aromatic nitrogens is 2. The lowest BCUT2D eigenvalue weighted by molar-refractivity contribution is -0.120. The number of carbonyl (C=O) groups is 1. The van der Waals surface area contributed by atoms with Crippen molar-refractivity contribution in [1.29, 1.82) is 5.26 Å². The van der Waals surface area contributed by atoms with Crippen LogP contribution in [0.3, 0.4) is 0 Å². The number of rotatable bonds is 4. The van der Waals surface area contributed by atoms with Crippen molar-refractivity contribution >= 4 is 44.7 Å². The van der Waals surface area contributed by atoms with Gasteiger partial charge in [-0.25, -0.2) is 8.78 Å². The summed E-state index contributed by atoms with van der Waals surface area (Å²) in [6.45, 7) is 8.84. The molecule has 0 atom stereocenters. The fourth-order valence-electron chi connectivity index (χ4n) is 4.16. The molecule has 0 saturated carbocycles. The molecule has 2 aromatic heterocycles. The monoisotopic (exact) mass is 595 g/mol. The minimum atomic E-state index is -0.980. The standard InChI is InChI=1S/C29H24BrF2N3O2S/c1-16-12-18(17(2)34(16)21-9-6-19(30)7-10-21)13-25-27(37)35(24-11-8-20(31)14-23(24)32)28(38-25)22(15-33)26(36)29(3,4)5/h6-14H,1-5H3/b25-13+,28-22+. The van der Waals surface area contributed by atoms with Crippen LogP contribution in [0.1, 0.15) is 37.7 Å². The van der Waals surface area contributed by atoms with E-state index < -0.39 is 28.4 Å². The lowest BCUT2D eigenvalue weighted by atomic mass is 9.87. The molecule has 0 aliphatic rings. The number of ketones is 1. The molecule has 4 rings (SSSR count). The van der Waals surface area contributed by atoms with E-state index in [1.807, 2.05) is 54.8 Å². The highest BCUT2D eigenvalue weighted by molar-refractivity contribution is 9.10. The largest absolute Gasteiger partial charge is 0.318 e. The first-order valence-corrected chi connectivity index (χ1v) is 13.3. The number of benzene rings is 2. The molecular formula is C29H24BrF2N3O2S. The lowest BCUT2D eigenvalue weighted by Crippen LogP contribution is -2.33. The second-order valence-electron chi connectivity index (χ2n) is 9.86. The summed E-state index contributed by atoms with van der Waals surface area (Å²) in [6, 6.07) is 14.5. The third-order valence-corrected chi connectivity index (χ3v) is 7.67. The molecular weight excluding hydrogens is 572 g/mol. The van der Waals surface area contributed by atoms with Crippen molar-refractivity contribution in [1.82, 2.24) is 9.13 Å². The summed E-state index contributed by atoms with van der Waals surface area (Å²) in [6.07, 6.45) is 1.67. The predicted molar refractivity (Wildman–Crippen MR) is 149 cm³/mol. The van der Waals surface area contributed by atoms with E-state index in [2.05, 4.69) is 15.9 Å². The fraction of sp³-hybridized carbons (Fsp3) is 0.207. The number of hydrogen-bond donors (Lipinski definition) is 0. The van der Waals surface area contributed by atoms with Crippen molar-refractivity contribution in [3.63, 3.8) is 0 Å². The van der Waals surface area contributed by atoms with Crippen LogP contribution in [-0.2, 0) is 4.79 Å². The zero-order valence-corrected chi connectivity index (χ0v) is 23.8. The molecule has 9 heteroatoms. The van der Waals surface area contributed by atoms with E-state index in [9.17, 15) is 23.6 Å². The molecule has 0 aliphatic heterocycles. The molecule has 4 aromatic rings. The van der Waals surface area contributed by atoms with Crippen molar-refractivity contribution in [3.8, 4) is 17.4 Å². The van der Waals surface area contributed by atoms with Crippen LogP contribution < -0.4 is 14.8 Å². The number of aryl methyl sites for hydroxylation is 1. The van der Waals surface area contributed by atoms with Gasteiger partial charge in [-0.05, 0) is 68.0 Å². The van der Waals surface area contributed by atoms with Gasteiger partial charge in [0.15, 0.2) is 5.78 Å². The molecule has 0 N–H and O–H groups in total. The number of hydrogen-bond acceptors (Lipinski definition) is 4. The molecule has 0 bridgehead atoms. The summed E-state index contributed by atoms with van der Waals surface area (Å²) < 4.78 is 32.7. The average Bonchev–Trinajstić information content (AvgIpc) is 3.30. The zero-order valence-electron chi connectivity index (χ0n) is 21.4. The normalized spacial score (nSPS) is 13.0. The Hall–Kier alpha value is -3.61. The molecule has 0 fully saturated rings. The van der Waals surface area contributed by atoms with Gasteiger partial charge in [0.25, 0.3) is 5.56 Å². The van der Waals surface area contributed by atoms with Gasteiger partial charge in [-0.2, -0.15) is 5.26 Å². The SMILES string of the molecule is Cc1cc(/C=c2/s/c(=C(\C#N)C(=O)C(C)(C)C)n(-c3ccc(F)cc3F)c2=O)c(C)n1-c1ccc(Br)cc1. The Kier molecular flexibility index (Phi) is 7.42. The van der Waals surface area contributed by atoms with Crippen LogP contribution in [0.2, 0.25) is 0 Å². The van der Waals surface area contributed by atoms with Gasteiger partial charge in [0.05, 0.1) is 10.2 Å². The topological polar surface area (TPSA) is 67.8 Å². The van der Waals surface area contributed by atoms with Gasteiger partial charge in [-0.1, -0.05) is 36.7 Å². The molecule has 38 heavy (non-hydrogen) atoms. The number of nitriles is 1. The lowest BCUT2D eigenvalue weighted by Gasteiger charge is -2.15. The molecule has 0 radical (unpaired) electrons. The summed E-state index contributed by atoms with van der Waals surface area (Å²) in [5, 5.41) is 9.93. The van der Waals surface area contributed by atoms with E-state index >= 15 is 0 Å². The zero-order chi connectivity index (χ0) is 27.9. The van der Waals surface area contributed by atoms with Gasteiger partial charge in [0, 0.05) is 33.0 Å². The Balaban J connectivity index is 2.06. The van der Waals surface area contributed by atoms with E-state index in [1.165, 1.54) is 0 Å². The Morgan fingerprint density at radius 2 is 1.71 bits per heavy atom. The number of thiazole rings is 1. The maximum atomic E-state index is 14.9. The number of halogens is 3. The molecule has 5 nitrogen and oxygen atoms in total. The van der Waals surface area contributed by atoms with Gasteiger partial charge < -0.3 is 4.57 Å². The molecule has 194 valence electrons. The first-order chi connectivity index (χ1) is 17.8. The van der Waals surface area contributed by atoms with Crippen LogP contribution in [0.4, 0.5) is 8.78 Å². The van der Waals surface area contributed by atoms with E-state index in [1.54, 1.807) is 26.8 Å². The second-order valence-corrected chi connectivity index (χ2v) is 11.8. The van der Waals surface area contributed by atoms with Crippen LogP contribution >= 0.6 is 27.3 Å². The first-order valence-electron chi connectivity index (χ1n) is 11.7. The van der Waals surface area contributed by atoms with Crippen molar-refractivity contribution in [2.24, 2.45) is 5.41 Å². The van der Waals surface area contributed by atoms with Crippen molar-refractivity contribution < 1.29 is 13.6 Å². The van der Waals surface area contributed by atoms with Gasteiger partial charge in [-0.3, -0.25) is 14.2 Å². The summed E-state index contributed by atoms with van der Waals surface area (Å²) in [5.41, 5.74) is 1.47. The predicted octanol–water partition coefficient (Wildman–Crippen LogP) is 5.47. The number of Topliss-reactive ketones (excluding diaryl/α,β-unsaturated/α-hetero) is 1. The van der Waals surface area contributed by atoms with E-state index in [-0.39, 0.29) is 20.5 Å². The van der Waals surface area contributed by atoms with Crippen LogP contribution in [0.25, 0.3) is 23.0 Å². The highest BCUT2D eigenvalue weighted by Gasteiger charge is 2.28. The third kappa shape index (κ3) is 5.06. The summed E-state index contributed by atoms with van der Waals surface area (Å²) in [4.78, 5) is 26.8. The highest BCUT2D eigenvalue weighted by Crippen LogP contribution is 2.23. The quantitative estimate of drug-likeness (QED) is 0.314. The van der Waals surface area contributed by atoms with E-state index in [4.69, 9.17) is 0 Å². The van der Waals surface area contributed by atoms with Gasteiger partial charge >= 0.3 is 0 Å². The van der Waals surface area contributed by atoms with Crippen molar-refractivity contribution in [2.45, 2.75) is 34.6 Å². The number of carbonyl (C=O) groups excluding carboxylic acids is 1. The molecule has 0 unspecified atom stereocenters. The van der Waals surface area contributed by atoms with Crippen LogP contribution in [0, 0.1) is 42.2 Å². The molecule has 2 aromatic carbocycles. The van der Waals surface area contributed by atoms with Gasteiger partial charge in [-0.15, -0.1) is 11.3 Å². The van der Waals surface area contributed by atoms with Crippen LogP contribution in [0.5, 0.6) is 0 Å². The highest BCUT2D eigenvalue weighted by atomic mass is 79.9. The van der Waals surface area contributed by atoms with E-state index in [0.29, 0.717) is 6.07 Å². The van der Waals surface area contributed by atoms with Crippen LogP contribution in [0.15, 0.2) is 57.8 Å². The molecule has 0 aliphatic carbocycles. The summed E-state index contributed by atoms with van der Waals surface area (Å²) in [5.74, 6) is -2.28. The molecule has 0 amide bonds. The second kappa shape index (κ2) is 10.3. The van der Waals surface area contributed by atoms with Crippen molar-refractivity contribution in [2.75, 3.05) is 0 Å². The van der Waals surface area contributed by atoms with Gasteiger partial charge in [0.1, 0.15) is 27.9 Å². The Morgan fingerprint density at radius 1 is 1.05 bits per heavy atom. The Labute approximate surface area is 230 Å². The molecule has 0 spiro atoms. The summed E-state index contributed by atoms with van der Waals surface area (Å²) in [7, 11) is 0. The molecule has 2 heterocycles. The Bertz CT molecular complexity index is 1800. The maximum Gasteiger partial charge on any atom is 0.273 e. The van der Waals surface area contributed by atoms with Gasteiger partial charge in [0.2, 0.25) is 0 Å².